The molecule has 2 aromatic carbocycles. The number of carbonyl (C=O) groups is 2. The number of nitrogens with one attached hydrogen (secondary N) is 3. The van der Waals surface area contributed by atoms with Crippen LogP contribution in [0.25, 0.3) is 0 Å². The van der Waals surface area contributed by atoms with Gasteiger partial charge in [-0.3, -0.25) is 9.59 Å². The summed E-state index contributed by atoms with van der Waals surface area (Å²) in [7, 11) is 1.53. The van der Waals surface area contributed by atoms with E-state index in [9.17, 15) is 18.4 Å². The van der Waals surface area contributed by atoms with E-state index in [0.717, 1.165) is 12.1 Å². The molecule has 1 unspecified atom stereocenters. The van der Waals surface area contributed by atoms with Gasteiger partial charge in [0.2, 0.25) is 0 Å². The normalized spacial score (nSPS) is 11.6. The molecule has 0 saturated carbocycles. The van der Waals surface area contributed by atoms with Crippen LogP contribution in [0.2, 0.25) is 0 Å². The molecule has 0 aliphatic heterocycles. The molecular weight excluding hydrogens is 356 g/mol. The number of quaternary nitrogens is 1. The maximum Gasteiger partial charge on any atom is 0.279 e. The first-order chi connectivity index (χ1) is 12.9. The summed E-state index contributed by atoms with van der Waals surface area (Å²) in [6, 6.07) is 9.85. The molecule has 3 N–H and O–H groups in total. The Morgan fingerprint density at radius 3 is 2.37 bits per heavy atom. The molecule has 27 heavy (non-hydrogen) atoms. The molecular formula is C19H22F2N3O3+. The van der Waals surface area contributed by atoms with Gasteiger partial charge in [-0.2, -0.15) is 0 Å². The Hall–Kier alpha value is -3.00. The molecule has 0 aromatic heterocycles. The first kappa shape index (κ1) is 20.3. The Labute approximate surface area is 156 Å². The lowest BCUT2D eigenvalue weighted by atomic mass is 10.3. The lowest BCUT2D eigenvalue weighted by molar-refractivity contribution is -0.881. The van der Waals surface area contributed by atoms with Gasteiger partial charge >= 0.3 is 0 Å². The smallest absolute Gasteiger partial charge is 0.279 e. The molecule has 0 heterocycles. The Kier molecular flexibility index (Phi) is 7.25. The summed E-state index contributed by atoms with van der Waals surface area (Å²) in [6.45, 7) is 2.39. The van der Waals surface area contributed by atoms with Crippen molar-refractivity contribution in [2.75, 3.05) is 37.4 Å². The van der Waals surface area contributed by atoms with Gasteiger partial charge in [0, 0.05) is 17.8 Å². The molecule has 2 rings (SSSR count). The first-order valence-corrected chi connectivity index (χ1v) is 8.43. The van der Waals surface area contributed by atoms with Gasteiger partial charge in [-0.15, -0.1) is 0 Å². The van der Waals surface area contributed by atoms with Gasteiger partial charge in [0.25, 0.3) is 11.8 Å². The highest BCUT2D eigenvalue weighted by molar-refractivity contribution is 5.93. The zero-order valence-corrected chi connectivity index (χ0v) is 15.1. The summed E-state index contributed by atoms with van der Waals surface area (Å²) in [5.41, 5.74) is 0.491. The lowest BCUT2D eigenvalue weighted by Gasteiger charge is -2.17. The molecule has 8 heteroatoms. The van der Waals surface area contributed by atoms with Gasteiger partial charge in [0.15, 0.2) is 13.1 Å². The lowest BCUT2D eigenvalue weighted by Crippen LogP contribution is -3.13. The van der Waals surface area contributed by atoms with Crippen molar-refractivity contribution in [3.8, 4) is 5.75 Å². The van der Waals surface area contributed by atoms with Gasteiger partial charge in [-0.25, -0.2) is 8.78 Å². The first-order valence-electron chi connectivity index (χ1n) is 8.43. The van der Waals surface area contributed by atoms with Crippen molar-refractivity contribution in [1.29, 1.82) is 0 Å². The molecule has 0 saturated heterocycles. The third-order valence-electron chi connectivity index (χ3n) is 3.88. The fourth-order valence-corrected chi connectivity index (χ4v) is 2.46. The number of benzene rings is 2. The van der Waals surface area contributed by atoms with Crippen LogP contribution in [0.15, 0.2) is 42.5 Å². The van der Waals surface area contributed by atoms with Crippen LogP contribution in [0, 0.1) is 11.6 Å². The molecule has 0 aliphatic carbocycles. The maximum absolute atomic E-state index is 13.6. The monoisotopic (exact) mass is 378 g/mol. The standard InChI is InChI=1S/C19H21F2N3O3/c1-3-24(11-18(25)22-14-5-4-6-15(10-14)27-2)12-19(26)23-17-8-7-13(20)9-16(17)21/h4-10H,3,11-12H2,1-2H3,(H,22,25)(H,23,26)/p+1. The summed E-state index contributed by atoms with van der Waals surface area (Å²) < 4.78 is 31.6. The van der Waals surface area contributed by atoms with Gasteiger partial charge in [0.1, 0.15) is 17.4 Å². The molecule has 0 radical (unpaired) electrons. The fourth-order valence-electron chi connectivity index (χ4n) is 2.46. The minimum atomic E-state index is -0.850. The Balaban J connectivity index is 1.89. The van der Waals surface area contributed by atoms with E-state index in [0.29, 0.717) is 28.9 Å². The second-order valence-electron chi connectivity index (χ2n) is 5.91. The van der Waals surface area contributed by atoms with E-state index >= 15 is 0 Å². The zero-order chi connectivity index (χ0) is 19.8. The van der Waals surface area contributed by atoms with Crippen molar-refractivity contribution in [1.82, 2.24) is 0 Å². The summed E-state index contributed by atoms with van der Waals surface area (Å²) in [5.74, 6) is -1.68. The minimum Gasteiger partial charge on any atom is -0.497 e. The minimum absolute atomic E-state index is 0.0289. The van der Waals surface area contributed by atoms with Crippen LogP contribution < -0.4 is 20.3 Å². The Morgan fingerprint density at radius 1 is 1.04 bits per heavy atom. The maximum atomic E-state index is 13.6. The van der Waals surface area contributed by atoms with Crippen LogP contribution in [-0.4, -0.2) is 38.6 Å². The molecule has 0 bridgehead atoms. The van der Waals surface area contributed by atoms with E-state index in [1.807, 2.05) is 6.92 Å². The van der Waals surface area contributed by atoms with Crippen LogP contribution in [-0.2, 0) is 9.59 Å². The number of hydrogen-bond donors (Lipinski definition) is 3. The zero-order valence-electron chi connectivity index (χ0n) is 15.1. The topological polar surface area (TPSA) is 71.9 Å². The SMILES string of the molecule is CC[NH+](CC(=O)Nc1cccc(OC)c1)CC(=O)Nc1ccc(F)cc1F. The number of carbonyl (C=O) groups excluding carboxylic acids is 2. The summed E-state index contributed by atoms with van der Waals surface area (Å²) >= 11 is 0. The van der Waals surface area contributed by atoms with E-state index < -0.39 is 17.5 Å². The summed E-state index contributed by atoms with van der Waals surface area (Å²) in [4.78, 5) is 25.0. The third-order valence-corrected chi connectivity index (χ3v) is 3.88. The predicted octanol–water partition coefficient (Wildman–Crippen LogP) is 1.46. The van der Waals surface area contributed by atoms with Crippen LogP contribution in [0.3, 0.4) is 0 Å². The number of likely N-dealkylation sites (N-methyl/N-ethyl adjacent to an activating group) is 1. The highest BCUT2D eigenvalue weighted by Crippen LogP contribution is 2.16. The number of ether oxygens (including phenoxy) is 1. The average Bonchev–Trinajstić information content (AvgIpc) is 2.63. The van der Waals surface area contributed by atoms with Crippen molar-refractivity contribution in [2.24, 2.45) is 0 Å². The number of halogens is 2. The fraction of sp³-hybridized carbons (Fsp3) is 0.263. The molecule has 0 spiro atoms. The molecule has 0 aliphatic rings. The van der Waals surface area contributed by atoms with Crippen LogP contribution >= 0.6 is 0 Å². The highest BCUT2D eigenvalue weighted by Gasteiger charge is 2.18. The van der Waals surface area contributed by atoms with Crippen molar-refractivity contribution in [3.05, 3.63) is 54.1 Å². The van der Waals surface area contributed by atoms with Crippen molar-refractivity contribution in [3.63, 3.8) is 0 Å². The number of rotatable bonds is 8. The van der Waals surface area contributed by atoms with Crippen LogP contribution in [0.5, 0.6) is 5.75 Å². The quantitative estimate of drug-likeness (QED) is 0.651. The van der Waals surface area contributed by atoms with Crippen molar-refractivity contribution >= 4 is 23.2 Å². The van der Waals surface area contributed by atoms with Crippen molar-refractivity contribution in [2.45, 2.75) is 6.92 Å². The predicted molar refractivity (Wildman–Crippen MR) is 97.8 cm³/mol. The molecule has 1 atom stereocenters. The molecule has 2 aromatic rings. The van der Waals surface area contributed by atoms with Crippen molar-refractivity contribution < 1.29 is 28.0 Å². The molecule has 144 valence electrons. The number of anilines is 2. The van der Waals surface area contributed by atoms with Gasteiger partial charge in [-0.1, -0.05) is 6.07 Å². The summed E-state index contributed by atoms with van der Waals surface area (Å²) in [5, 5.41) is 5.14. The van der Waals surface area contributed by atoms with E-state index in [4.69, 9.17) is 4.74 Å². The highest BCUT2D eigenvalue weighted by atomic mass is 19.1. The van der Waals surface area contributed by atoms with E-state index in [1.54, 1.807) is 24.3 Å². The molecule has 6 nitrogen and oxygen atoms in total. The second kappa shape index (κ2) is 9.63. The van der Waals surface area contributed by atoms with E-state index in [2.05, 4.69) is 10.6 Å². The largest absolute Gasteiger partial charge is 0.497 e. The van der Waals surface area contributed by atoms with E-state index in [-0.39, 0.29) is 24.7 Å². The van der Waals surface area contributed by atoms with Crippen LogP contribution in [0.1, 0.15) is 6.92 Å². The summed E-state index contributed by atoms with van der Waals surface area (Å²) in [6.07, 6.45) is 0. The van der Waals surface area contributed by atoms with Gasteiger partial charge in [-0.05, 0) is 31.2 Å². The Morgan fingerprint density at radius 2 is 1.74 bits per heavy atom. The van der Waals surface area contributed by atoms with E-state index in [1.165, 1.54) is 7.11 Å². The van der Waals surface area contributed by atoms with Gasteiger partial charge in [0.05, 0.1) is 19.3 Å². The third kappa shape index (κ3) is 6.34. The average molecular weight is 378 g/mol. The molecule has 2 amide bonds. The Bertz CT molecular complexity index is 815. The number of methoxy groups -OCH3 is 1. The number of hydrogen-bond acceptors (Lipinski definition) is 3. The van der Waals surface area contributed by atoms with Crippen LogP contribution in [0.4, 0.5) is 20.2 Å². The second-order valence-corrected chi connectivity index (χ2v) is 5.91. The number of amides is 2. The molecule has 0 fully saturated rings. The van der Waals surface area contributed by atoms with Gasteiger partial charge < -0.3 is 20.3 Å².